The number of nitro groups is 1. The first kappa shape index (κ1) is 78.4. The van der Waals surface area contributed by atoms with Crippen LogP contribution in [0.1, 0.15) is 241 Å². The van der Waals surface area contributed by atoms with E-state index in [0.717, 1.165) is 71.7 Å². The number of nitro benzene ring substituents is 1. The Bertz CT molecular complexity index is 3210. The van der Waals surface area contributed by atoms with Crippen LogP contribution >= 0.6 is 11.6 Å². The zero-order valence-corrected chi connectivity index (χ0v) is 69.2. The second kappa shape index (κ2) is 27.2. The molecule has 12 fully saturated rings. The molecule has 0 bridgehead atoms. The molecule has 1 amide bonds. The number of aliphatic hydroxyl groups excluding tert-OH is 1. The van der Waals surface area contributed by atoms with Gasteiger partial charge in [0, 0.05) is 48.7 Å². The fourth-order valence-electron chi connectivity index (χ4n) is 28.0. The van der Waals surface area contributed by atoms with Crippen molar-refractivity contribution in [2.24, 2.45) is 113 Å². The molecule has 2 unspecified atom stereocenters. The van der Waals surface area contributed by atoms with Gasteiger partial charge in [-0.1, -0.05) is 138 Å². The number of hydrogen-bond donors (Lipinski definition) is 1. The van der Waals surface area contributed by atoms with Crippen LogP contribution in [0.3, 0.4) is 0 Å². The smallest absolute Gasteiger partial charge is 0.409 e. The van der Waals surface area contributed by atoms with Crippen LogP contribution < -0.4 is 4.74 Å². The lowest BCUT2D eigenvalue weighted by Crippen LogP contribution is -2.60. The van der Waals surface area contributed by atoms with Gasteiger partial charge in [0.1, 0.15) is 11.9 Å². The Balaban J connectivity index is 0.000000172. The van der Waals surface area contributed by atoms with E-state index in [9.17, 15) is 24.8 Å². The van der Waals surface area contributed by atoms with Crippen LogP contribution in [0, 0.1) is 123 Å². The summed E-state index contributed by atoms with van der Waals surface area (Å²) in [5, 5.41) is 21.4. The highest BCUT2D eigenvalue weighted by molar-refractivity contribution is 6.74. The quantitative estimate of drug-likeness (QED) is 0.0521. The Kier molecular flexibility index (Phi) is 21.4. The molecule has 0 radical (unpaired) electrons. The van der Waals surface area contributed by atoms with Gasteiger partial charge < -0.3 is 37.8 Å². The molecule has 2 saturated heterocycles. The molecule has 2 heterocycles. The van der Waals surface area contributed by atoms with Gasteiger partial charge in [0.25, 0.3) is 5.69 Å². The van der Waals surface area contributed by atoms with Gasteiger partial charge in [-0.3, -0.25) is 10.1 Å². The number of ether oxygens (including phenoxy) is 4. The molecule has 10 aliphatic carbocycles. The SMILES string of the molecule is C=C(C)[C@@H](O)[C@H]1C[C@@H](C)[C@H]2[C@H](O1)[C@H](O[Si](CC)(CC)CC)[C@@]1(C)[C@@H]3CC[C@H]4C(C)(C)[C@@H](C)CCC45C[C@@]35CC[C@]21C.C=C(C)[C@@H](OC(=O)N(C)C)[C@H]1C[C@@H](C)[C@H]2[C@H](O1)[C@H](O[Si](CC)(CC)CC)[C@@]1(C)[C@@H]3CC[C@H]4C(C)(C)[C@@H](C)CCC45C[C@@]35CC[C@]21C.O=C(Cl)Oc1ccc([N+](=O)[O-])cc1. The van der Waals surface area contributed by atoms with E-state index < -0.39 is 39.2 Å². The number of fused-ring (bicyclic) bond motifs is 8. The molecule has 13 rings (SSSR count). The highest BCUT2D eigenvalue weighted by atomic mass is 35.5. The maximum absolute atomic E-state index is 12.9. The van der Waals surface area contributed by atoms with Gasteiger partial charge in [0.15, 0.2) is 22.7 Å². The van der Waals surface area contributed by atoms with E-state index in [0.29, 0.717) is 62.1 Å². The summed E-state index contributed by atoms with van der Waals surface area (Å²) in [6, 6.07) is 12.0. The third kappa shape index (κ3) is 11.5. The number of non-ortho nitro benzene ring substituents is 1. The minimum absolute atomic E-state index is 0.0191. The van der Waals surface area contributed by atoms with Crippen LogP contribution in [-0.2, 0) is 23.1 Å². The van der Waals surface area contributed by atoms with Crippen molar-refractivity contribution in [2.45, 2.75) is 326 Å². The van der Waals surface area contributed by atoms with Crippen LogP contribution in [0.15, 0.2) is 48.6 Å². The van der Waals surface area contributed by atoms with Crippen molar-refractivity contribution in [2.75, 3.05) is 14.1 Å². The Morgan fingerprint density at radius 1 is 0.610 bits per heavy atom. The Morgan fingerprint density at radius 3 is 1.35 bits per heavy atom. The fraction of sp³-hybridized carbons (Fsp3) is 0.857. The van der Waals surface area contributed by atoms with E-state index >= 15 is 0 Å². The van der Waals surface area contributed by atoms with Crippen molar-refractivity contribution >= 4 is 45.4 Å². The minimum atomic E-state index is -1.97. The van der Waals surface area contributed by atoms with Gasteiger partial charge >= 0.3 is 11.5 Å². The second-order valence-corrected chi connectivity index (χ2v) is 48.3. The Morgan fingerprint density at radius 2 is 0.990 bits per heavy atom. The summed E-state index contributed by atoms with van der Waals surface area (Å²) in [5.74, 6) is 6.87. The number of carbonyl (C=O) groups is 2. The first-order chi connectivity index (χ1) is 46.7. The number of carbonyl (C=O) groups excluding carboxylic acids is 2. The van der Waals surface area contributed by atoms with Crippen molar-refractivity contribution in [3.05, 3.63) is 58.7 Å². The van der Waals surface area contributed by atoms with Gasteiger partial charge in [0.2, 0.25) is 0 Å². The van der Waals surface area contributed by atoms with Gasteiger partial charge in [-0.05, 0) is 279 Å². The fourth-order valence-corrected chi connectivity index (χ4v) is 34.0. The lowest BCUT2D eigenvalue weighted by molar-refractivity contribution is -0.384. The van der Waals surface area contributed by atoms with Crippen LogP contribution in [0.4, 0.5) is 15.3 Å². The predicted molar refractivity (Wildman–Crippen MR) is 407 cm³/mol. The number of nitrogens with zero attached hydrogens (tertiary/aromatic N) is 2. The average molecular weight is 1440 g/mol. The van der Waals surface area contributed by atoms with E-state index in [-0.39, 0.29) is 75.8 Å². The normalized spacial score (nSPS) is 44.6. The topological polar surface area (TPSA) is 156 Å². The van der Waals surface area contributed by atoms with E-state index in [1.165, 1.54) is 137 Å². The zero-order valence-electron chi connectivity index (χ0n) is 66.5. The Labute approximate surface area is 612 Å². The van der Waals surface area contributed by atoms with Crippen LogP contribution in [0.25, 0.3) is 0 Å². The zero-order chi connectivity index (χ0) is 73.6. The van der Waals surface area contributed by atoms with E-state index in [1.54, 1.807) is 14.1 Å². The summed E-state index contributed by atoms with van der Waals surface area (Å²) in [4.78, 5) is 34.3. The number of hydrogen-bond acceptors (Lipinski definition) is 11. The number of halogens is 1. The van der Waals surface area contributed by atoms with E-state index in [2.05, 4.69) is 143 Å². The van der Waals surface area contributed by atoms with Gasteiger partial charge in [-0.15, -0.1) is 0 Å². The van der Waals surface area contributed by atoms with Gasteiger partial charge in [-0.25, -0.2) is 9.59 Å². The molecule has 0 aromatic heterocycles. The van der Waals surface area contributed by atoms with E-state index in [1.807, 2.05) is 13.8 Å². The molecule has 1 aromatic carbocycles. The Hall–Kier alpha value is -2.64. The van der Waals surface area contributed by atoms with E-state index in [4.69, 9.17) is 34.7 Å². The number of aliphatic hydroxyl groups is 1. The summed E-state index contributed by atoms with van der Waals surface area (Å²) in [6.45, 7) is 57.9. The molecule has 10 saturated carbocycles. The lowest BCUT2D eigenvalue weighted by atomic mass is 9.41. The molecule has 4 spiro atoms. The average Bonchev–Trinajstić information content (AvgIpc) is 1.46. The second-order valence-electron chi connectivity index (χ2n) is 38.5. The summed E-state index contributed by atoms with van der Waals surface area (Å²) in [6.07, 6.45) is 20.0. The minimum Gasteiger partial charge on any atom is -0.439 e. The molecule has 2 aliphatic heterocycles. The first-order valence-electron chi connectivity index (χ1n) is 40.3. The molecule has 12 aliphatic rings. The number of amides is 1. The van der Waals surface area contributed by atoms with Crippen molar-refractivity contribution in [1.82, 2.24) is 4.90 Å². The number of rotatable bonds is 17. The third-order valence-corrected chi connectivity index (χ3v) is 44.1. The van der Waals surface area contributed by atoms with Crippen molar-refractivity contribution in [3.8, 4) is 5.75 Å². The third-order valence-electron chi connectivity index (χ3n) is 34.8. The van der Waals surface area contributed by atoms with Gasteiger partial charge in [0.05, 0.1) is 41.5 Å². The summed E-state index contributed by atoms with van der Waals surface area (Å²) in [5.41, 5.74) is 4.12. The van der Waals surface area contributed by atoms with Crippen molar-refractivity contribution < 1.29 is 47.4 Å². The molecule has 13 nitrogen and oxygen atoms in total. The van der Waals surface area contributed by atoms with Crippen molar-refractivity contribution in [1.29, 1.82) is 0 Å². The van der Waals surface area contributed by atoms with Gasteiger partial charge in [-0.2, -0.15) is 0 Å². The lowest BCUT2D eigenvalue weighted by Gasteiger charge is -2.64. The molecular weight excluding hydrogens is 1300 g/mol. The molecule has 16 heteroatoms. The van der Waals surface area contributed by atoms with Crippen LogP contribution in [0.5, 0.6) is 5.75 Å². The summed E-state index contributed by atoms with van der Waals surface area (Å²) in [7, 11) is -0.380. The monoisotopic (exact) mass is 1440 g/mol. The van der Waals surface area contributed by atoms with Crippen LogP contribution in [0.2, 0.25) is 36.3 Å². The van der Waals surface area contributed by atoms with Crippen LogP contribution in [-0.4, -0.2) is 106 Å². The molecule has 1 aromatic rings. The molecule has 1 N–H and O–H groups in total. The molecule has 26 atom stereocenters. The number of benzene rings is 1. The molecular formula is C84H137ClN2O11Si2. The molecule has 564 valence electrons. The maximum atomic E-state index is 12.9. The maximum Gasteiger partial charge on any atom is 0.409 e. The highest BCUT2D eigenvalue weighted by Crippen LogP contribution is 2.92. The van der Waals surface area contributed by atoms with Crippen molar-refractivity contribution in [3.63, 3.8) is 0 Å². The summed E-state index contributed by atoms with van der Waals surface area (Å²) >= 11 is 4.92. The molecule has 100 heavy (non-hydrogen) atoms. The standard InChI is InChI=1S/C40H69NO4Si.C37H64O3Si.C7H4ClNO4/c1-14-46(15-2,16-3)45-34-33-31(26(6)23-28(43-33)32(25(4)5)44-35(42)41(12)13)37(10)21-22-40-24-39(40)20-19-27(7)36(8,9)29(39)17-18-30(40)38(34,37)11;1-12-41(13-2,14-3)40-32-31-29(24(6)21-26(39-31)30(38)23(4)5)34(10)19-20-37-22-36(37)18-17-25(7)33(8,9)27(36)15-16-28(37)35(32,34)11;8-7(10)13-6-3-1-5(2-4-6)9(11)12/h26-34H,4,14-24H2,1-3,5-13H3;24-32,38H,4,12-22H2,1-3,5-11H3;1-4H/t26-,27+,28-,29+,30+,31+,32-,33+,34+,37-,38-,39?,40+;24-,25+,26-,27+,28+,29+,30-,31+,32+,34-,35-,36?,37+;/m11./s1. The largest absolute Gasteiger partial charge is 0.439 e. The highest BCUT2D eigenvalue weighted by Gasteiger charge is 2.87. The first-order valence-corrected chi connectivity index (χ1v) is 45.8. The predicted octanol–water partition coefficient (Wildman–Crippen LogP) is 21.8. The summed E-state index contributed by atoms with van der Waals surface area (Å²) < 4.78 is 40.9.